The zero-order valence-electron chi connectivity index (χ0n) is 13.5. The van der Waals surface area contributed by atoms with Gasteiger partial charge >= 0.3 is 0 Å². The number of hydrogen-bond donors (Lipinski definition) is 2. The van der Waals surface area contributed by atoms with Gasteiger partial charge in [-0.25, -0.2) is 4.98 Å². The number of carbonyl (C=O) groups excluding carboxylic acids is 2. The first-order valence-electron chi connectivity index (χ1n) is 7.51. The van der Waals surface area contributed by atoms with Crippen molar-refractivity contribution in [3.63, 3.8) is 0 Å². The van der Waals surface area contributed by atoms with Crippen molar-refractivity contribution in [2.45, 2.75) is 33.2 Å². The van der Waals surface area contributed by atoms with Crippen LogP contribution in [0.5, 0.6) is 0 Å². The first-order chi connectivity index (χ1) is 11.0. The van der Waals surface area contributed by atoms with Crippen LogP contribution in [0.4, 0.5) is 5.69 Å². The van der Waals surface area contributed by atoms with Crippen LogP contribution < -0.4 is 10.6 Å². The molecule has 120 valence electrons. The maximum Gasteiger partial charge on any atom is 0.275 e. The van der Waals surface area contributed by atoms with Crippen LogP contribution >= 0.6 is 0 Å². The van der Waals surface area contributed by atoms with Gasteiger partial charge in [0.25, 0.3) is 11.8 Å². The number of nitrogens with zero attached hydrogens (tertiary/aromatic N) is 2. The van der Waals surface area contributed by atoms with Gasteiger partial charge in [0.1, 0.15) is 5.69 Å². The molecule has 1 heterocycles. The van der Waals surface area contributed by atoms with Crippen LogP contribution in [0.15, 0.2) is 36.7 Å². The van der Waals surface area contributed by atoms with Crippen LogP contribution in [0.2, 0.25) is 0 Å². The highest BCUT2D eigenvalue weighted by Gasteiger charge is 2.15. The SMILES string of the molecule is CC[C@@H](C)NC(=O)c1ccccc1NC(=O)c1cnc(C)cn1. The van der Waals surface area contributed by atoms with Gasteiger partial charge in [-0.2, -0.15) is 0 Å². The van der Waals surface area contributed by atoms with Crippen molar-refractivity contribution in [3.8, 4) is 0 Å². The molecule has 0 aliphatic carbocycles. The number of hydrogen-bond acceptors (Lipinski definition) is 4. The molecule has 23 heavy (non-hydrogen) atoms. The smallest absolute Gasteiger partial charge is 0.275 e. The molecule has 2 aromatic rings. The molecular formula is C17H20N4O2. The van der Waals surface area contributed by atoms with E-state index in [1.165, 1.54) is 12.4 Å². The van der Waals surface area contributed by atoms with Gasteiger partial charge in [-0.15, -0.1) is 0 Å². The number of carbonyl (C=O) groups is 2. The molecule has 2 amide bonds. The van der Waals surface area contributed by atoms with Crippen LogP contribution in [0.3, 0.4) is 0 Å². The Labute approximate surface area is 135 Å². The molecule has 0 radical (unpaired) electrons. The number of anilines is 1. The molecule has 0 saturated carbocycles. The minimum absolute atomic E-state index is 0.0641. The van der Waals surface area contributed by atoms with Crippen molar-refractivity contribution in [2.75, 3.05) is 5.32 Å². The summed E-state index contributed by atoms with van der Waals surface area (Å²) in [6.45, 7) is 5.72. The molecule has 1 aromatic carbocycles. The number of nitrogens with one attached hydrogen (secondary N) is 2. The number of para-hydroxylation sites is 1. The summed E-state index contributed by atoms with van der Waals surface area (Å²) in [5.74, 6) is -0.619. The summed E-state index contributed by atoms with van der Waals surface area (Å²) in [6.07, 6.45) is 3.77. The number of benzene rings is 1. The van der Waals surface area contributed by atoms with Crippen molar-refractivity contribution in [2.24, 2.45) is 0 Å². The highest BCUT2D eigenvalue weighted by Crippen LogP contribution is 2.16. The second-order valence-electron chi connectivity index (χ2n) is 5.33. The third kappa shape index (κ3) is 4.35. The quantitative estimate of drug-likeness (QED) is 0.888. The number of aryl methyl sites for hydroxylation is 1. The molecule has 1 aromatic heterocycles. The molecule has 0 aliphatic rings. The maximum atomic E-state index is 12.3. The van der Waals surface area contributed by atoms with Gasteiger partial charge in [0, 0.05) is 12.2 Å². The third-order valence-electron chi connectivity index (χ3n) is 3.42. The average Bonchev–Trinajstić information content (AvgIpc) is 2.55. The van der Waals surface area contributed by atoms with E-state index < -0.39 is 5.91 Å². The summed E-state index contributed by atoms with van der Waals surface area (Å²) in [5, 5.41) is 5.60. The monoisotopic (exact) mass is 312 g/mol. The minimum atomic E-state index is -0.402. The van der Waals surface area contributed by atoms with E-state index >= 15 is 0 Å². The average molecular weight is 312 g/mol. The molecule has 0 spiro atoms. The standard InChI is InChI=1S/C17H20N4O2/c1-4-11(2)20-16(22)13-7-5-6-8-14(13)21-17(23)15-10-18-12(3)9-19-15/h5-11H,4H2,1-3H3,(H,20,22)(H,21,23)/t11-/m1/s1. The van der Waals surface area contributed by atoms with Crippen molar-refractivity contribution < 1.29 is 9.59 Å². The molecule has 0 fully saturated rings. The predicted octanol–water partition coefficient (Wildman–Crippen LogP) is 2.57. The van der Waals surface area contributed by atoms with Crippen molar-refractivity contribution >= 4 is 17.5 Å². The Morgan fingerprint density at radius 3 is 2.52 bits per heavy atom. The molecule has 6 nitrogen and oxygen atoms in total. The largest absolute Gasteiger partial charge is 0.350 e. The lowest BCUT2D eigenvalue weighted by Gasteiger charge is -2.14. The van der Waals surface area contributed by atoms with E-state index in [4.69, 9.17) is 0 Å². The fourth-order valence-electron chi connectivity index (χ4n) is 1.89. The fourth-order valence-corrected chi connectivity index (χ4v) is 1.89. The zero-order chi connectivity index (χ0) is 16.8. The van der Waals surface area contributed by atoms with Crippen LogP contribution in [-0.2, 0) is 0 Å². The van der Waals surface area contributed by atoms with E-state index in [1.807, 2.05) is 13.8 Å². The first kappa shape index (κ1) is 16.6. The maximum absolute atomic E-state index is 12.3. The summed E-state index contributed by atoms with van der Waals surface area (Å²) >= 11 is 0. The molecule has 6 heteroatoms. The van der Waals surface area contributed by atoms with E-state index in [0.717, 1.165) is 12.1 Å². The van der Waals surface area contributed by atoms with Crippen LogP contribution in [0.25, 0.3) is 0 Å². The molecule has 0 bridgehead atoms. The summed E-state index contributed by atoms with van der Waals surface area (Å²) in [4.78, 5) is 32.6. The van der Waals surface area contributed by atoms with Crippen molar-refractivity contribution in [3.05, 3.63) is 53.6 Å². The molecule has 1 atom stereocenters. The summed E-state index contributed by atoms with van der Waals surface area (Å²) in [7, 11) is 0. The van der Waals surface area contributed by atoms with Gasteiger partial charge in [0.15, 0.2) is 0 Å². The van der Waals surface area contributed by atoms with Gasteiger partial charge in [-0.3, -0.25) is 14.6 Å². The Morgan fingerprint density at radius 1 is 1.13 bits per heavy atom. The van der Waals surface area contributed by atoms with Gasteiger partial charge in [-0.05, 0) is 32.4 Å². The molecule has 0 aliphatic heterocycles. The second-order valence-corrected chi connectivity index (χ2v) is 5.33. The lowest BCUT2D eigenvalue weighted by Crippen LogP contribution is -2.32. The number of aromatic nitrogens is 2. The van der Waals surface area contributed by atoms with E-state index in [1.54, 1.807) is 31.2 Å². The van der Waals surface area contributed by atoms with Gasteiger partial charge in [0.2, 0.25) is 0 Å². The Morgan fingerprint density at radius 2 is 1.87 bits per heavy atom. The van der Waals surface area contributed by atoms with Crippen molar-refractivity contribution in [1.82, 2.24) is 15.3 Å². The molecular weight excluding hydrogens is 292 g/mol. The summed E-state index contributed by atoms with van der Waals surface area (Å²) in [6, 6.07) is 6.94. The predicted molar refractivity (Wildman–Crippen MR) is 88.4 cm³/mol. The normalized spacial score (nSPS) is 11.6. The lowest BCUT2D eigenvalue weighted by atomic mass is 10.1. The van der Waals surface area contributed by atoms with Gasteiger partial charge in [0.05, 0.1) is 23.1 Å². The van der Waals surface area contributed by atoms with Crippen molar-refractivity contribution in [1.29, 1.82) is 0 Å². The number of rotatable bonds is 5. The van der Waals surface area contributed by atoms with Gasteiger partial charge < -0.3 is 10.6 Å². The van der Waals surface area contributed by atoms with Crippen LogP contribution in [-0.4, -0.2) is 27.8 Å². The minimum Gasteiger partial charge on any atom is -0.350 e. The Kier molecular flexibility index (Phi) is 5.41. The second kappa shape index (κ2) is 7.49. The summed E-state index contributed by atoms with van der Waals surface area (Å²) in [5.41, 5.74) is 1.80. The zero-order valence-corrected chi connectivity index (χ0v) is 13.5. The highest BCUT2D eigenvalue weighted by molar-refractivity contribution is 6.08. The Balaban J connectivity index is 2.18. The lowest BCUT2D eigenvalue weighted by molar-refractivity contribution is 0.0940. The molecule has 2 N–H and O–H groups in total. The summed E-state index contributed by atoms with van der Waals surface area (Å²) < 4.78 is 0. The van der Waals surface area contributed by atoms with Crippen LogP contribution in [0.1, 0.15) is 46.8 Å². The molecule has 0 unspecified atom stereocenters. The Hall–Kier alpha value is -2.76. The topological polar surface area (TPSA) is 84.0 Å². The van der Waals surface area contributed by atoms with Crippen LogP contribution in [0, 0.1) is 6.92 Å². The highest BCUT2D eigenvalue weighted by atomic mass is 16.2. The van der Waals surface area contributed by atoms with E-state index in [2.05, 4.69) is 20.6 Å². The first-order valence-corrected chi connectivity index (χ1v) is 7.51. The van der Waals surface area contributed by atoms with E-state index in [0.29, 0.717) is 11.3 Å². The van der Waals surface area contributed by atoms with E-state index in [9.17, 15) is 9.59 Å². The fraction of sp³-hybridized carbons (Fsp3) is 0.294. The Bertz CT molecular complexity index is 698. The van der Waals surface area contributed by atoms with Gasteiger partial charge in [-0.1, -0.05) is 19.1 Å². The van der Waals surface area contributed by atoms with E-state index in [-0.39, 0.29) is 17.6 Å². The molecule has 0 saturated heterocycles. The number of amides is 2. The third-order valence-corrected chi connectivity index (χ3v) is 3.42. The molecule has 2 rings (SSSR count).